The topological polar surface area (TPSA) is 117 Å². The molecule has 0 spiro atoms. The van der Waals surface area contributed by atoms with Crippen molar-refractivity contribution >= 4 is 22.7 Å². The van der Waals surface area contributed by atoms with Gasteiger partial charge in [-0.3, -0.25) is 9.67 Å². The summed E-state index contributed by atoms with van der Waals surface area (Å²) >= 11 is 0. The molecule has 166 valence electrons. The largest absolute Gasteiger partial charge is 0.497 e. The number of pyridine rings is 1. The predicted molar refractivity (Wildman–Crippen MR) is 119 cm³/mol. The van der Waals surface area contributed by atoms with Gasteiger partial charge < -0.3 is 18.8 Å². The van der Waals surface area contributed by atoms with Crippen LogP contribution in [0.25, 0.3) is 22.4 Å². The zero-order valence-electron chi connectivity index (χ0n) is 18.2. The van der Waals surface area contributed by atoms with E-state index in [-0.39, 0.29) is 6.54 Å². The lowest BCUT2D eigenvalue weighted by molar-refractivity contribution is 0.394. The van der Waals surface area contributed by atoms with Crippen molar-refractivity contribution in [3.05, 3.63) is 61.2 Å². The predicted octanol–water partition coefficient (Wildman–Crippen LogP) is 3.16. The molecule has 5 aromatic rings. The van der Waals surface area contributed by atoms with Crippen LogP contribution in [0.15, 0.2) is 59.7 Å². The quantitative estimate of drug-likeness (QED) is 0.370. The Bertz CT molecular complexity index is 1380. The highest BCUT2D eigenvalue weighted by Crippen LogP contribution is 2.33. The lowest BCUT2D eigenvalue weighted by Gasteiger charge is -2.23. The number of fused-ring (bicyclic) bond motifs is 1. The van der Waals surface area contributed by atoms with Crippen molar-refractivity contribution in [2.75, 3.05) is 19.1 Å². The third-order valence-corrected chi connectivity index (χ3v) is 5.02. The van der Waals surface area contributed by atoms with Crippen LogP contribution in [0.5, 0.6) is 11.5 Å². The molecule has 11 heteroatoms. The Labute approximate surface area is 188 Å². The summed E-state index contributed by atoms with van der Waals surface area (Å²) in [7, 11) is 5.06. The smallest absolute Gasteiger partial charge is 0.235 e. The second-order valence-corrected chi connectivity index (χ2v) is 7.16. The average Bonchev–Trinajstić information content (AvgIpc) is 3.53. The van der Waals surface area contributed by atoms with Gasteiger partial charge in [0.25, 0.3) is 0 Å². The third-order valence-electron chi connectivity index (χ3n) is 5.02. The molecule has 0 N–H and O–H groups in total. The van der Waals surface area contributed by atoms with E-state index in [4.69, 9.17) is 23.9 Å². The van der Waals surface area contributed by atoms with Gasteiger partial charge in [-0.1, -0.05) is 0 Å². The lowest BCUT2D eigenvalue weighted by Crippen LogP contribution is -2.18. The molecule has 0 radical (unpaired) electrons. The minimum absolute atomic E-state index is 0.282. The van der Waals surface area contributed by atoms with Crippen molar-refractivity contribution in [1.29, 1.82) is 0 Å². The normalized spacial score (nSPS) is 11.0. The molecule has 0 aliphatic rings. The number of aryl methyl sites for hydroxylation is 1. The Balaban J connectivity index is 1.61. The second-order valence-electron chi connectivity index (χ2n) is 7.16. The Morgan fingerprint density at radius 3 is 2.52 bits per heavy atom. The number of aromatic nitrogens is 7. The van der Waals surface area contributed by atoms with E-state index < -0.39 is 0 Å². The van der Waals surface area contributed by atoms with Gasteiger partial charge in [0.15, 0.2) is 5.65 Å². The molecule has 0 bridgehead atoms. The lowest BCUT2D eigenvalue weighted by atomic mass is 10.2. The fraction of sp³-hybridized carbons (Fsp3) is 0.182. The van der Waals surface area contributed by atoms with Crippen LogP contribution in [0.3, 0.4) is 0 Å². The minimum Gasteiger partial charge on any atom is -0.497 e. The molecule has 11 nitrogen and oxygen atoms in total. The van der Waals surface area contributed by atoms with E-state index in [0.717, 1.165) is 11.3 Å². The fourth-order valence-electron chi connectivity index (χ4n) is 3.38. The van der Waals surface area contributed by atoms with Crippen molar-refractivity contribution in [1.82, 2.24) is 34.9 Å². The summed E-state index contributed by atoms with van der Waals surface area (Å²) in [6, 6.07) is 9.29. The Morgan fingerprint density at radius 1 is 1.03 bits per heavy atom. The van der Waals surface area contributed by atoms with Crippen LogP contribution >= 0.6 is 0 Å². The summed E-state index contributed by atoms with van der Waals surface area (Å²) in [6.07, 6.45) is 6.62. The molecule has 0 amide bonds. The molecular formula is C22H20N8O3. The molecule has 0 saturated carbocycles. The summed E-state index contributed by atoms with van der Waals surface area (Å²) in [5.41, 5.74) is 3.49. The van der Waals surface area contributed by atoms with Crippen LogP contribution in [0.4, 0.5) is 11.5 Å². The Morgan fingerprint density at radius 2 is 1.85 bits per heavy atom. The van der Waals surface area contributed by atoms with Crippen LogP contribution in [-0.2, 0) is 13.6 Å². The minimum atomic E-state index is 0.282. The highest BCUT2D eigenvalue weighted by atomic mass is 16.5. The van der Waals surface area contributed by atoms with E-state index in [0.29, 0.717) is 40.1 Å². The molecule has 0 aliphatic heterocycles. The molecule has 0 fully saturated rings. The van der Waals surface area contributed by atoms with Gasteiger partial charge in [-0.25, -0.2) is 9.97 Å². The van der Waals surface area contributed by atoms with Crippen molar-refractivity contribution < 1.29 is 13.9 Å². The molecular weight excluding hydrogens is 424 g/mol. The summed E-state index contributed by atoms with van der Waals surface area (Å²) in [4.78, 5) is 15.9. The third kappa shape index (κ3) is 4.15. The van der Waals surface area contributed by atoms with Crippen LogP contribution < -0.4 is 14.4 Å². The number of methoxy groups -OCH3 is 2. The van der Waals surface area contributed by atoms with Crippen LogP contribution in [0.1, 0.15) is 5.89 Å². The first-order chi connectivity index (χ1) is 16.1. The number of hydrogen-bond acceptors (Lipinski definition) is 10. The SMILES string of the molecule is COc1cc(OC)cc(N(Cc2nnco2)c2ccc3ncc(-c4cnn(C)c4)nc3n2)c1. The Kier molecular flexibility index (Phi) is 5.27. The number of nitrogens with zero attached hydrogens (tertiary/aromatic N) is 8. The van der Waals surface area contributed by atoms with E-state index in [2.05, 4.69) is 20.3 Å². The molecule has 1 aromatic carbocycles. The number of rotatable bonds is 7. The van der Waals surface area contributed by atoms with Crippen LogP contribution in [0.2, 0.25) is 0 Å². The zero-order chi connectivity index (χ0) is 22.8. The van der Waals surface area contributed by atoms with Gasteiger partial charge in [-0.15, -0.1) is 10.2 Å². The molecule has 4 heterocycles. The molecule has 0 aliphatic carbocycles. The van der Waals surface area contributed by atoms with E-state index >= 15 is 0 Å². The van der Waals surface area contributed by atoms with Gasteiger partial charge in [0.1, 0.15) is 29.4 Å². The van der Waals surface area contributed by atoms with Gasteiger partial charge in [0.05, 0.1) is 38.0 Å². The molecule has 33 heavy (non-hydrogen) atoms. The molecule has 4 aromatic heterocycles. The van der Waals surface area contributed by atoms with Crippen molar-refractivity contribution in [3.8, 4) is 22.8 Å². The first-order valence-electron chi connectivity index (χ1n) is 10.0. The van der Waals surface area contributed by atoms with E-state index in [1.807, 2.05) is 42.4 Å². The highest BCUT2D eigenvalue weighted by Gasteiger charge is 2.18. The summed E-state index contributed by atoms with van der Waals surface area (Å²) < 4.78 is 18.0. The number of anilines is 2. The maximum absolute atomic E-state index is 5.45. The van der Waals surface area contributed by atoms with Gasteiger partial charge >= 0.3 is 0 Å². The van der Waals surface area contributed by atoms with Crippen molar-refractivity contribution in [3.63, 3.8) is 0 Å². The van der Waals surface area contributed by atoms with Gasteiger partial charge in [-0.05, 0) is 12.1 Å². The van der Waals surface area contributed by atoms with E-state index in [1.165, 1.54) is 6.39 Å². The van der Waals surface area contributed by atoms with E-state index in [9.17, 15) is 0 Å². The zero-order valence-corrected chi connectivity index (χ0v) is 18.2. The average molecular weight is 444 g/mol. The number of benzene rings is 1. The molecule has 5 rings (SSSR count). The Hall–Kier alpha value is -4.54. The fourth-order valence-corrected chi connectivity index (χ4v) is 3.38. The first-order valence-corrected chi connectivity index (χ1v) is 10.0. The van der Waals surface area contributed by atoms with Gasteiger partial charge in [0.2, 0.25) is 12.3 Å². The number of ether oxygens (including phenoxy) is 2. The standard InChI is InChI=1S/C22H20N8O3/c1-29-11-14(9-25-29)19-10-23-18-4-5-20(27-22(18)26-19)30(12-21-28-24-13-33-21)15-6-16(31-2)8-17(7-15)32-3/h4-11,13H,12H2,1-3H3. The first kappa shape index (κ1) is 20.4. The monoisotopic (exact) mass is 444 g/mol. The summed E-state index contributed by atoms with van der Waals surface area (Å²) in [5.74, 6) is 2.32. The van der Waals surface area contributed by atoms with Crippen LogP contribution in [0, 0.1) is 0 Å². The van der Waals surface area contributed by atoms with Crippen molar-refractivity contribution in [2.45, 2.75) is 6.54 Å². The van der Waals surface area contributed by atoms with Gasteiger partial charge in [0, 0.05) is 37.0 Å². The summed E-state index contributed by atoms with van der Waals surface area (Å²) in [5, 5.41) is 12.0. The van der Waals surface area contributed by atoms with Crippen molar-refractivity contribution in [2.24, 2.45) is 7.05 Å². The molecule has 0 saturated heterocycles. The highest BCUT2D eigenvalue weighted by molar-refractivity contribution is 5.77. The van der Waals surface area contributed by atoms with Crippen LogP contribution in [-0.4, -0.2) is 49.1 Å². The van der Waals surface area contributed by atoms with Gasteiger partial charge in [-0.2, -0.15) is 5.10 Å². The maximum atomic E-state index is 5.45. The molecule has 0 atom stereocenters. The molecule has 0 unspecified atom stereocenters. The van der Waals surface area contributed by atoms with E-state index in [1.54, 1.807) is 37.4 Å². The number of hydrogen-bond donors (Lipinski definition) is 0. The second kappa shape index (κ2) is 8.54. The summed E-state index contributed by atoms with van der Waals surface area (Å²) in [6.45, 7) is 0.282. The maximum Gasteiger partial charge on any atom is 0.235 e.